The van der Waals surface area contributed by atoms with Crippen molar-refractivity contribution in [3.8, 4) is 11.5 Å². The average molecular weight is 262 g/mol. The van der Waals surface area contributed by atoms with E-state index in [0.29, 0.717) is 6.54 Å². The van der Waals surface area contributed by atoms with Gasteiger partial charge in [0.1, 0.15) is 23.7 Å². The lowest BCUT2D eigenvalue weighted by Crippen LogP contribution is -2.19. The minimum absolute atomic E-state index is 0.0819. The fraction of sp³-hybridized carbons (Fsp3) is 0.385. The molecule has 2 aromatic rings. The number of aromatic amines is 1. The van der Waals surface area contributed by atoms with Gasteiger partial charge in [0.15, 0.2) is 0 Å². The number of H-pyrrole nitrogens is 1. The minimum Gasteiger partial charge on any atom is -0.497 e. The summed E-state index contributed by atoms with van der Waals surface area (Å²) in [5.41, 5.74) is 1.04. The number of methoxy groups -OCH3 is 2. The molecule has 0 radical (unpaired) electrons. The summed E-state index contributed by atoms with van der Waals surface area (Å²) in [5.74, 6) is 2.45. The summed E-state index contributed by atoms with van der Waals surface area (Å²) < 4.78 is 10.6. The second-order valence-corrected chi connectivity index (χ2v) is 4.15. The van der Waals surface area contributed by atoms with Crippen molar-refractivity contribution < 1.29 is 9.47 Å². The Morgan fingerprint density at radius 1 is 1.32 bits per heavy atom. The fourth-order valence-electron chi connectivity index (χ4n) is 1.80. The molecule has 6 nitrogen and oxygen atoms in total. The third kappa shape index (κ3) is 3.23. The van der Waals surface area contributed by atoms with Crippen LogP contribution in [-0.4, -0.2) is 29.4 Å². The molecule has 2 N–H and O–H groups in total. The summed E-state index contributed by atoms with van der Waals surface area (Å²) in [4.78, 5) is 4.12. The van der Waals surface area contributed by atoms with Crippen molar-refractivity contribution in [3.63, 3.8) is 0 Å². The van der Waals surface area contributed by atoms with E-state index in [2.05, 4.69) is 20.5 Å². The topological polar surface area (TPSA) is 72.1 Å². The van der Waals surface area contributed by atoms with Crippen molar-refractivity contribution in [3.05, 3.63) is 35.9 Å². The molecule has 1 unspecified atom stereocenters. The maximum Gasteiger partial charge on any atom is 0.141 e. The van der Waals surface area contributed by atoms with E-state index in [-0.39, 0.29) is 6.04 Å². The van der Waals surface area contributed by atoms with E-state index in [1.807, 2.05) is 25.1 Å². The number of rotatable bonds is 6. The summed E-state index contributed by atoms with van der Waals surface area (Å²) in [6.45, 7) is 2.68. The Kier molecular flexibility index (Phi) is 4.35. The zero-order valence-electron chi connectivity index (χ0n) is 11.3. The van der Waals surface area contributed by atoms with E-state index in [1.165, 1.54) is 6.33 Å². The number of aromatic nitrogens is 3. The van der Waals surface area contributed by atoms with E-state index in [1.54, 1.807) is 14.2 Å². The van der Waals surface area contributed by atoms with Gasteiger partial charge in [-0.1, -0.05) is 0 Å². The van der Waals surface area contributed by atoms with Crippen LogP contribution < -0.4 is 14.8 Å². The summed E-state index contributed by atoms with van der Waals surface area (Å²) >= 11 is 0. The van der Waals surface area contributed by atoms with Gasteiger partial charge < -0.3 is 14.8 Å². The summed E-state index contributed by atoms with van der Waals surface area (Å²) in [7, 11) is 3.31. The molecule has 1 heterocycles. The molecule has 0 aliphatic heterocycles. The zero-order valence-corrected chi connectivity index (χ0v) is 11.3. The van der Waals surface area contributed by atoms with Crippen LogP contribution in [0, 0.1) is 0 Å². The van der Waals surface area contributed by atoms with Crippen LogP contribution in [0.15, 0.2) is 24.5 Å². The molecule has 102 valence electrons. The van der Waals surface area contributed by atoms with Gasteiger partial charge in [-0.2, -0.15) is 5.10 Å². The standard InChI is InChI=1S/C13H18N4O2/c1-9(13-15-8-16-17-13)14-7-10-6-11(18-2)4-5-12(10)19-3/h4-6,8-9,14H,7H2,1-3H3,(H,15,16,17). The van der Waals surface area contributed by atoms with E-state index in [4.69, 9.17) is 9.47 Å². The third-order valence-corrected chi connectivity index (χ3v) is 2.93. The van der Waals surface area contributed by atoms with Crippen molar-refractivity contribution in [1.29, 1.82) is 0 Å². The predicted molar refractivity (Wildman–Crippen MR) is 71.2 cm³/mol. The van der Waals surface area contributed by atoms with Crippen LogP contribution in [0.2, 0.25) is 0 Å². The second-order valence-electron chi connectivity index (χ2n) is 4.15. The molecule has 1 aromatic heterocycles. The molecular formula is C13H18N4O2. The summed E-state index contributed by atoms with van der Waals surface area (Å²) in [6, 6.07) is 5.81. The number of hydrogen-bond acceptors (Lipinski definition) is 5. The normalized spacial score (nSPS) is 12.2. The molecule has 1 atom stereocenters. The number of nitrogens with zero attached hydrogens (tertiary/aromatic N) is 2. The molecular weight excluding hydrogens is 244 g/mol. The average Bonchev–Trinajstić information content (AvgIpc) is 2.98. The van der Waals surface area contributed by atoms with Crippen molar-refractivity contribution in [2.24, 2.45) is 0 Å². The Hall–Kier alpha value is -2.08. The maximum absolute atomic E-state index is 5.34. The number of hydrogen-bond donors (Lipinski definition) is 2. The highest BCUT2D eigenvalue weighted by Gasteiger charge is 2.10. The van der Waals surface area contributed by atoms with Gasteiger partial charge in [0.05, 0.1) is 20.3 Å². The van der Waals surface area contributed by atoms with Crippen LogP contribution in [0.3, 0.4) is 0 Å². The Morgan fingerprint density at radius 3 is 2.79 bits per heavy atom. The van der Waals surface area contributed by atoms with Gasteiger partial charge in [-0.05, 0) is 25.1 Å². The molecule has 0 amide bonds. The van der Waals surface area contributed by atoms with Gasteiger partial charge in [-0.25, -0.2) is 4.98 Å². The van der Waals surface area contributed by atoms with Crippen molar-refractivity contribution in [2.45, 2.75) is 19.5 Å². The first-order chi connectivity index (χ1) is 9.24. The molecule has 0 bridgehead atoms. The first-order valence-electron chi connectivity index (χ1n) is 6.04. The number of benzene rings is 1. The van der Waals surface area contributed by atoms with Gasteiger partial charge in [0.25, 0.3) is 0 Å². The highest BCUT2D eigenvalue weighted by atomic mass is 16.5. The molecule has 0 fully saturated rings. The van der Waals surface area contributed by atoms with Crippen LogP contribution in [0.4, 0.5) is 0 Å². The molecule has 0 aliphatic rings. The Balaban J connectivity index is 2.05. The first kappa shape index (κ1) is 13.4. The Labute approximate surface area is 112 Å². The lowest BCUT2D eigenvalue weighted by molar-refractivity contribution is 0.395. The van der Waals surface area contributed by atoms with Gasteiger partial charge in [-0.3, -0.25) is 5.10 Å². The van der Waals surface area contributed by atoms with E-state index in [0.717, 1.165) is 22.9 Å². The van der Waals surface area contributed by atoms with Gasteiger partial charge in [0.2, 0.25) is 0 Å². The molecule has 2 rings (SSSR count). The van der Waals surface area contributed by atoms with Crippen LogP contribution in [0.25, 0.3) is 0 Å². The number of ether oxygens (including phenoxy) is 2. The SMILES string of the molecule is COc1ccc(OC)c(CNC(C)c2ncn[nH]2)c1. The molecule has 0 saturated carbocycles. The quantitative estimate of drug-likeness (QED) is 0.828. The molecule has 0 aliphatic carbocycles. The van der Waals surface area contributed by atoms with Gasteiger partial charge in [0, 0.05) is 12.1 Å². The molecule has 6 heteroatoms. The van der Waals surface area contributed by atoms with Crippen molar-refractivity contribution in [2.75, 3.05) is 14.2 Å². The number of nitrogens with one attached hydrogen (secondary N) is 2. The first-order valence-corrected chi connectivity index (χ1v) is 6.04. The van der Waals surface area contributed by atoms with Crippen molar-refractivity contribution >= 4 is 0 Å². The smallest absolute Gasteiger partial charge is 0.141 e. The minimum atomic E-state index is 0.0819. The Bertz CT molecular complexity index is 513. The maximum atomic E-state index is 5.34. The Morgan fingerprint density at radius 2 is 2.16 bits per heavy atom. The van der Waals surface area contributed by atoms with Crippen LogP contribution in [0.5, 0.6) is 11.5 Å². The molecule has 1 aromatic carbocycles. The highest BCUT2D eigenvalue weighted by molar-refractivity contribution is 5.40. The van der Waals surface area contributed by atoms with Crippen LogP contribution >= 0.6 is 0 Å². The lowest BCUT2D eigenvalue weighted by Gasteiger charge is -2.14. The van der Waals surface area contributed by atoms with E-state index < -0.39 is 0 Å². The van der Waals surface area contributed by atoms with Crippen LogP contribution in [-0.2, 0) is 6.54 Å². The van der Waals surface area contributed by atoms with E-state index in [9.17, 15) is 0 Å². The van der Waals surface area contributed by atoms with Crippen molar-refractivity contribution in [1.82, 2.24) is 20.5 Å². The largest absolute Gasteiger partial charge is 0.497 e. The van der Waals surface area contributed by atoms with Gasteiger partial charge in [-0.15, -0.1) is 0 Å². The van der Waals surface area contributed by atoms with Gasteiger partial charge >= 0.3 is 0 Å². The molecule has 19 heavy (non-hydrogen) atoms. The lowest BCUT2D eigenvalue weighted by atomic mass is 10.1. The van der Waals surface area contributed by atoms with E-state index >= 15 is 0 Å². The molecule has 0 spiro atoms. The van der Waals surface area contributed by atoms with Crippen LogP contribution in [0.1, 0.15) is 24.4 Å². The summed E-state index contributed by atoms with van der Waals surface area (Å²) in [5, 5.41) is 10.0. The second kappa shape index (κ2) is 6.19. The highest BCUT2D eigenvalue weighted by Crippen LogP contribution is 2.24. The molecule has 0 saturated heterocycles. The zero-order chi connectivity index (χ0) is 13.7. The summed E-state index contributed by atoms with van der Waals surface area (Å²) in [6.07, 6.45) is 1.50. The predicted octanol–water partition coefficient (Wildman–Crippen LogP) is 1.67. The third-order valence-electron chi connectivity index (χ3n) is 2.93. The fourth-order valence-corrected chi connectivity index (χ4v) is 1.80. The monoisotopic (exact) mass is 262 g/mol.